The van der Waals surface area contributed by atoms with Crippen molar-refractivity contribution < 1.29 is 11.6 Å². The van der Waals surface area contributed by atoms with Gasteiger partial charge >= 0.3 is 5.15 Å². The van der Waals surface area contributed by atoms with E-state index in [9.17, 15) is 0 Å². The van der Waals surface area contributed by atoms with Crippen molar-refractivity contribution in [2.75, 3.05) is 0 Å². The Morgan fingerprint density at radius 3 is 2.89 bits per heavy atom. The molecule has 0 aliphatic carbocycles. The summed E-state index contributed by atoms with van der Waals surface area (Å²) in [6.45, 7) is 0. The molecule has 0 atom stereocenters. The Balaban J connectivity index is 3.20. The number of aromatic nitrogens is 1. The molecule has 1 heterocycles. The molecule has 0 fully saturated rings. The lowest BCUT2D eigenvalue weighted by Gasteiger charge is -1.80. The third-order valence-electron chi connectivity index (χ3n) is 0.892. The molecule has 1 rings (SSSR count). The van der Waals surface area contributed by atoms with Crippen LogP contribution in [0.4, 0.5) is 0 Å². The second-order valence-electron chi connectivity index (χ2n) is 1.47. The minimum atomic E-state index is 0.375. The van der Waals surface area contributed by atoms with Gasteiger partial charge in [-0.3, -0.25) is 0 Å². The maximum atomic E-state index is 8.36. The molecule has 0 spiro atoms. The highest BCUT2D eigenvalue weighted by molar-refractivity contribution is 5.29. The number of hydrogen-bond donors (Lipinski definition) is 0. The van der Waals surface area contributed by atoms with Crippen molar-refractivity contribution in [1.29, 1.82) is 5.26 Å². The number of rotatable bonds is 0. The van der Waals surface area contributed by atoms with Crippen molar-refractivity contribution in [1.82, 2.24) is 4.98 Å². The first-order valence-electron chi connectivity index (χ1n) is 2.36. The van der Waals surface area contributed by atoms with Crippen molar-refractivity contribution in [2.45, 2.75) is 0 Å². The van der Waals surface area contributed by atoms with Crippen LogP contribution in [0.2, 0.25) is 5.15 Å². The molecule has 9 heavy (non-hydrogen) atoms. The smallest absolute Gasteiger partial charge is 0.200 e. The monoisotopic (exact) mass is 139 g/mol. The molecule has 0 aromatic carbocycles. The predicted molar refractivity (Wildman–Crippen MR) is 29.5 cm³/mol. The maximum Gasteiger partial charge on any atom is 0.335 e. The Kier molecular flexibility index (Phi) is 1.66. The summed E-state index contributed by atoms with van der Waals surface area (Å²) >= 11 is 4.72. The van der Waals surface area contributed by atoms with Crippen LogP contribution in [0.15, 0.2) is 18.3 Å². The zero-order valence-corrected chi connectivity index (χ0v) is 5.35. The van der Waals surface area contributed by atoms with E-state index in [1.807, 2.05) is 6.07 Å². The second-order valence-corrected chi connectivity index (χ2v) is 1.85. The second kappa shape index (κ2) is 2.47. The number of halogens is 1. The SMILES string of the molecule is N#Cc1cccnc1[ClH+]. The summed E-state index contributed by atoms with van der Waals surface area (Å²) in [5, 5.41) is 8.74. The molecule has 1 aromatic rings. The van der Waals surface area contributed by atoms with Gasteiger partial charge in [0.25, 0.3) is 0 Å². The summed E-state index contributed by atoms with van der Waals surface area (Å²) in [5.41, 5.74) is 0.465. The van der Waals surface area contributed by atoms with Gasteiger partial charge in [0.2, 0.25) is 0 Å². The van der Waals surface area contributed by atoms with E-state index >= 15 is 0 Å². The van der Waals surface area contributed by atoms with Crippen LogP contribution in [0, 0.1) is 22.9 Å². The van der Waals surface area contributed by atoms with Gasteiger partial charge in [0.05, 0.1) is 0 Å². The molecule has 0 unspecified atom stereocenters. The average molecular weight is 140 g/mol. The van der Waals surface area contributed by atoms with Crippen molar-refractivity contribution in [3.8, 4) is 6.07 Å². The minimum Gasteiger partial charge on any atom is -0.200 e. The molecule has 44 valence electrons. The summed E-state index contributed by atoms with van der Waals surface area (Å²) in [6.07, 6.45) is 1.57. The van der Waals surface area contributed by atoms with E-state index in [-0.39, 0.29) is 0 Å². The van der Waals surface area contributed by atoms with Gasteiger partial charge in [0.15, 0.2) is 11.6 Å². The van der Waals surface area contributed by atoms with Crippen LogP contribution < -0.4 is 0 Å². The molecule has 0 saturated heterocycles. The Hall–Kier alpha value is -1.07. The van der Waals surface area contributed by atoms with Gasteiger partial charge in [-0.05, 0) is 12.1 Å². The standard InChI is InChI=1S/C6H4ClN2/c7-6-5(4-8)2-1-3-9-6/h1-3,7H/q+1. The Labute approximate surface area is 57.7 Å². The number of hydrogen-bond acceptors (Lipinski definition) is 2. The van der Waals surface area contributed by atoms with Crippen molar-refractivity contribution in [3.05, 3.63) is 29.0 Å². The summed E-state index contributed by atoms with van der Waals surface area (Å²) in [6, 6.07) is 5.27. The fourth-order valence-electron chi connectivity index (χ4n) is 0.476. The number of nitrogens with zero attached hydrogens (tertiary/aromatic N) is 2. The van der Waals surface area contributed by atoms with Gasteiger partial charge < -0.3 is 0 Å². The quantitative estimate of drug-likeness (QED) is 0.495. The molecular formula is C6H4ClN2+. The van der Waals surface area contributed by atoms with Crippen LogP contribution in [0.3, 0.4) is 0 Å². The largest absolute Gasteiger partial charge is 0.335 e. The van der Waals surface area contributed by atoms with Gasteiger partial charge in [0, 0.05) is 6.20 Å². The van der Waals surface area contributed by atoms with Crippen LogP contribution in [0.5, 0.6) is 0 Å². The van der Waals surface area contributed by atoms with Crippen LogP contribution in [-0.2, 0) is 0 Å². The normalized spacial score (nSPS) is 8.44. The van der Waals surface area contributed by atoms with Crippen LogP contribution >= 0.6 is 0 Å². The molecule has 0 N–H and O–H groups in total. The zero-order chi connectivity index (χ0) is 6.69. The fourth-order valence-corrected chi connectivity index (χ4v) is 0.650. The van der Waals surface area contributed by atoms with Gasteiger partial charge in [-0.1, -0.05) is 0 Å². The van der Waals surface area contributed by atoms with Crippen LogP contribution in [-0.4, -0.2) is 4.98 Å². The van der Waals surface area contributed by atoms with Gasteiger partial charge in [-0.15, -0.1) is 0 Å². The molecule has 3 heteroatoms. The Morgan fingerprint density at radius 2 is 2.44 bits per heavy atom. The Morgan fingerprint density at radius 1 is 1.67 bits per heavy atom. The van der Waals surface area contributed by atoms with E-state index in [0.717, 1.165) is 0 Å². The molecule has 0 amide bonds. The first-order valence-corrected chi connectivity index (χ1v) is 2.77. The van der Waals surface area contributed by atoms with Crippen molar-refractivity contribution >= 4 is 0 Å². The van der Waals surface area contributed by atoms with Crippen molar-refractivity contribution in [3.63, 3.8) is 0 Å². The topological polar surface area (TPSA) is 36.7 Å². The molecule has 0 aliphatic rings. The lowest BCUT2D eigenvalue weighted by atomic mass is 10.3. The van der Waals surface area contributed by atoms with Gasteiger partial charge in [0.1, 0.15) is 11.6 Å². The van der Waals surface area contributed by atoms with E-state index in [1.165, 1.54) is 0 Å². The molecular weight excluding hydrogens is 136 g/mol. The zero-order valence-electron chi connectivity index (χ0n) is 4.53. The third-order valence-corrected chi connectivity index (χ3v) is 1.22. The maximum absolute atomic E-state index is 8.36. The highest BCUT2D eigenvalue weighted by atomic mass is 35.5. The van der Waals surface area contributed by atoms with Gasteiger partial charge in [-0.2, -0.15) is 5.26 Å². The highest BCUT2D eigenvalue weighted by Crippen LogP contribution is 2.01. The summed E-state index contributed by atoms with van der Waals surface area (Å²) in [5.74, 6) is 0. The molecule has 2 nitrogen and oxygen atoms in total. The van der Waals surface area contributed by atoms with Crippen molar-refractivity contribution in [2.24, 2.45) is 0 Å². The molecule has 0 radical (unpaired) electrons. The fraction of sp³-hybridized carbons (Fsp3) is 0. The molecule has 0 bridgehead atoms. The van der Waals surface area contributed by atoms with Crippen LogP contribution in [0.1, 0.15) is 5.56 Å². The van der Waals surface area contributed by atoms with Crippen LogP contribution in [0.25, 0.3) is 0 Å². The van der Waals surface area contributed by atoms with Gasteiger partial charge in [-0.25, -0.2) is 4.98 Å². The first kappa shape index (κ1) is 6.06. The molecule has 0 aliphatic heterocycles. The highest BCUT2D eigenvalue weighted by Gasteiger charge is 2.03. The summed E-state index contributed by atoms with van der Waals surface area (Å²) in [4.78, 5) is 3.74. The number of nitriles is 1. The molecule has 0 saturated carbocycles. The average Bonchev–Trinajstić information content (AvgIpc) is 1.89. The van der Waals surface area contributed by atoms with E-state index in [0.29, 0.717) is 10.7 Å². The Bertz CT molecular complexity index is 251. The van der Waals surface area contributed by atoms with E-state index in [1.54, 1.807) is 18.3 Å². The van der Waals surface area contributed by atoms with E-state index in [4.69, 9.17) is 16.9 Å². The third kappa shape index (κ3) is 1.18. The van der Waals surface area contributed by atoms with E-state index in [2.05, 4.69) is 4.98 Å². The lowest BCUT2D eigenvalue weighted by Crippen LogP contribution is -1.81. The molecule has 1 aromatic heterocycles. The predicted octanol–water partition coefficient (Wildman–Crippen LogP) is 0.649. The minimum absolute atomic E-state index is 0.375. The van der Waals surface area contributed by atoms with E-state index < -0.39 is 0 Å². The summed E-state index contributed by atoms with van der Waals surface area (Å²) in [7, 11) is 0. The summed E-state index contributed by atoms with van der Waals surface area (Å²) < 4.78 is 0. The first-order chi connectivity index (χ1) is 4.34. The lowest BCUT2D eigenvalue weighted by molar-refractivity contribution is -0.296. The number of pyridine rings is 1.